The molecule has 1 heterocycles. The van der Waals surface area contributed by atoms with Gasteiger partial charge in [-0.15, -0.1) is 0 Å². The second-order valence-electron chi connectivity index (χ2n) is 5.75. The van der Waals surface area contributed by atoms with Crippen LogP contribution < -0.4 is 9.47 Å². The summed E-state index contributed by atoms with van der Waals surface area (Å²) in [5.41, 5.74) is 2.35. The fourth-order valence-corrected chi connectivity index (χ4v) is 2.88. The minimum atomic E-state index is 0.152. The van der Waals surface area contributed by atoms with Gasteiger partial charge in [0.2, 0.25) is 0 Å². The van der Waals surface area contributed by atoms with Crippen LogP contribution in [0.4, 0.5) is 0 Å². The summed E-state index contributed by atoms with van der Waals surface area (Å²) in [6, 6.07) is 5.91. The van der Waals surface area contributed by atoms with Crippen LogP contribution in [-0.4, -0.2) is 19.4 Å². The summed E-state index contributed by atoms with van der Waals surface area (Å²) in [6.07, 6.45) is 11.3. The van der Waals surface area contributed by atoms with E-state index >= 15 is 0 Å². The number of fused-ring (bicyclic) bond motifs is 2. The molecule has 1 aliphatic heterocycles. The van der Waals surface area contributed by atoms with E-state index in [-0.39, 0.29) is 6.10 Å². The maximum Gasteiger partial charge on any atom is 0.127 e. The molecular weight excluding hydrogens is 262 g/mol. The van der Waals surface area contributed by atoms with E-state index < -0.39 is 0 Å². The molecule has 21 heavy (non-hydrogen) atoms. The molecule has 0 radical (unpaired) electrons. The Morgan fingerprint density at radius 3 is 3.10 bits per heavy atom. The lowest BCUT2D eigenvalue weighted by Crippen LogP contribution is -2.27. The first-order valence-electron chi connectivity index (χ1n) is 7.49. The minimum Gasteiger partial charge on any atom is -0.497 e. The molecule has 2 unspecified atom stereocenters. The predicted octanol–water partition coefficient (Wildman–Crippen LogP) is 4.24. The topological polar surface area (TPSA) is 30.8 Å². The molecule has 1 fully saturated rings. The fraction of sp³-hybridized carbons (Fsp3) is 0.389. The third-order valence-electron chi connectivity index (χ3n) is 4.16. The Kier molecular flexibility index (Phi) is 4.09. The highest BCUT2D eigenvalue weighted by molar-refractivity contribution is 5.74. The van der Waals surface area contributed by atoms with Gasteiger partial charge >= 0.3 is 0 Å². The predicted molar refractivity (Wildman–Crippen MR) is 86.0 cm³/mol. The van der Waals surface area contributed by atoms with Crippen LogP contribution in [0, 0.1) is 5.92 Å². The molecule has 0 aromatic heterocycles. The Hall–Kier alpha value is -2.03. The van der Waals surface area contributed by atoms with Gasteiger partial charge in [0, 0.05) is 18.0 Å². The third kappa shape index (κ3) is 3.18. The zero-order chi connectivity index (χ0) is 14.7. The molecular formula is C18H21NO2. The van der Waals surface area contributed by atoms with Crippen LogP contribution >= 0.6 is 0 Å². The van der Waals surface area contributed by atoms with Gasteiger partial charge in [-0.25, -0.2) is 0 Å². The summed E-state index contributed by atoms with van der Waals surface area (Å²) < 4.78 is 11.6. The van der Waals surface area contributed by atoms with E-state index in [2.05, 4.69) is 18.0 Å². The number of methoxy groups -OCH3 is 1. The number of nitrogens with zero attached hydrogens (tertiary/aromatic N) is 1. The number of hydrogen-bond donors (Lipinski definition) is 0. The van der Waals surface area contributed by atoms with Crippen LogP contribution in [0.3, 0.4) is 0 Å². The first-order chi connectivity index (χ1) is 10.3. The Morgan fingerprint density at radius 1 is 1.33 bits per heavy atom. The Labute approximate surface area is 126 Å². The lowest BCUT2D eigenvalue weighted by Gasteiger charge is -2.30. The summed E-state index contributed by atoms with van der Waals surface area (Å²) >= 11 is 0. The zero-order valence-corrected chi connectivity index (χ0v) is 12.6. The molecule has 110 valence electrons. The Balaban J connectivity index is 1.98. The summed E-state index contributed by atoms with van der Waals surface area (Å²) in [5, 5.41) is 0. The Morgan fingerprint density at radius 2 is 2.24 bits per heavy atom. The molecule has 0 N–H and O–H groups in total. The van der Waals surface area contributed by atoms with Gasteiger partial charge in [-0.3, -0.25) is 4.99 Å². The van der Waals surface area contributed by atoms with Crippen molar-refractivity contribution in [1.29, 1.82) is 0 Å². The van der Waals surface area contributed by atoms with Gasteiger partial charge in [-0.05, 0) is 61.1 Å². The molecule has 3 nitrogen and oxygen atoms in total. The van der Waals surface area contributed by atoms with E-state index in [1.807, 2.05) is 30.5 Å². The first kappa shape index (κ1) is 13.9. The SMILES string of the molecule is COc1ccc2c(c1)\C=C/N=C/C=C1/CCC(C)CC1O2. The van der Waals surface area contributed by atoms with Crippen molar-refractivity contribution in [2.75, 3.05) is 7.11 Å². The standard InChI is InChI=1S/C18H21NO2/c1-13-3-4-14-7-9-19-10-8-15-12-16(20-2)5-6-17(15)21-18(14)11-13/h5-10,12-13,18H,3-4,11H2,1-2H3/b10-8-,14-7-,19-9+. The number of benzene rings is 1. The third-order valence-corrected chi connectivity index (χ3v) is 4.16. The van der Waals surface area contributed by atoms with Gasteiger partial charge in [0.25, 0.3) is 0 Å². The lowest BCUT2D eigenvalue weighted by atomic mass is 9.84. The summed E-state index contributed by atoms with van der Waals surface area (Å²) in [7, 11) is 1.67. The fourth-order valence-electron chi connectivity index (χ4n) is 2.88. The van der Waals surface area contributed by atoms with Crippen molar-refractivity contribution >= 4 is 12.3 Å². The smallest absolute Gasteiger partial charge is 0.127 e. The molecule has 0 spiro atoms. The second-order valence-corrected chi connectivity index (χ2v) is 5.75. The first-order valence-corrected chi connectivity index (χ1v) is 7.49. The van der Waals surface area contributed by atoms with E-state index in [1.165, 1.54) is 12.0 Å². The summed E-state index contributed by atoms with van der Waals surface area (Å²) in [5.74, 6) is 2.43. The second kappa shape index (κ2) is 6.17. The number of rotatable bonds is 1. The molecule has 0 bridgehead atoms. The van der Waals surface area contributed by atoms with Crippen LogP contribution in [0.1, 0.15) is 31.7 Å². The highest BCUT2D eigenvalue weighted by atomic mass is 16.5. The molecule has 1 aliphatic carbocycles. The number of hydrogen-bond acceptors (Lipinski definition) is 3. The number of aliphatic imine (C=N–C) groups is 1. The van der Waals surface area contributed by atoms with Crippen LogP contribution in [0.5, 0.6) is 11.5 Å². The van der Waals surface area contributed by atoms with Gasteiger partial charge in [-0.1, -0.05) is 6.92 Å². The van der Waals surface area contributed by atoms with Crippen molar-refractivity contribution in [3.05, 3.63) is 41.6 Å². The van der Waals surface area contributed by atoms with Crippen molar-refractivity contribution in [1.82, 2.24) is 0 Å². The van der Waals surface area contributed by atoms with Crippen LogP contribution in [0.15, 0.2) is 41.0 Å². The molecule has 3 rings (SSSR count). The summed E-state index contributed by atoms with van der Waals surface area (Å²) in [4.78, 5) is 4.32. The molecule has 1 aromatic rings. The number of ether oxygens (including phenoxy) is 2. The van der Waals surface area contributed by atoms with E-state index in [4.69, 9.17) is 9.47 Å². The monoisotopic (exact) mass is 283 g/mol. The van der Waals surface area contributed by atoms with E-state index in [0.717, 1.165) is 29.9 Å². The molecule has 2 atom stereocenters. The molecule has 1 saturated carbocycles. The van der Waals surface area contributed by atoms with Gasteiger partial charge < -0.3 is 9.47 Å². The quantitative estimate of drug-likeness (QED) is 0.771. The maximum atomic E-state index is 6.31. The highest BCUT2D eigenvalue weighted by Gasteiger charge is 2.25. The minimum absolute atomic E-state index is 0.152. The Bertz CT molecular complexity index is 601. The van der Waals surface area contributed by atoms with Crippen LogP contribution in [-0.2, 0) is 0 Å². The molecule has 0 saturated heterocycles. The molecule has 3 heteroatoms. The molecule has 0 amide bonds. The van der Waals surface area contributed by atoms with Crippen molar-refractivity contribution < 1.29 is 9.47 Å². The lowest BCUT2D eigenvalue weighted by molar-refractivity contribution is 0.176. The van der Waals surface area contributed by atoms with Crippen LogP contribution in [0.25, 0.3) is 6.08 Å². The highest BCUT2D eigenvalue weighted by Crippen LogP contribution is 2.34. The van der Waals surface area contributed by atoms with Crippen molar-refractivity contribution in [2.45, 2.75) is 32.3 Å². The average molecular weight is 283 g/mol. The summed E-state index contributed by atoms with van der Waals surface area (Å²) in [6.45, 7) is 2.29. The van der Waals surface area contributed by atoms with Crippen LogP contribution in [0.2, 0.25) is 0 Å². The number of allylic oxidation sites excluding steroid dienone is 1. The maximum absolute atomic E-state index is 6.31. The van der Waals surface area contributed by atoms with Gasteiger partial charge in [0.1, 0.15) is 17.6 Å². The van der Waals surface area contributed by atoms with Crippen molar-refractivity contribution in [3.8, 4) is 11.5 Å². The van der Waals surface area contributed by atoms with Gasteiger partial charge in [0.15, 0.2) is 0 Å². The van der Waals surface area contributed by atoms with E-state index in [0.29, 0.717) is 5.92 Å². The normalized spacial score (nSPS) is 29.9. The van der Waals surface area contributed by atoms with E-state index in [1.54, 1.807) is 13.3 Å². The molecule has 1 aromatic carbocycles. The van der Waals surface area contributed by atoms with Gasteiger partial charge in [-0.2, -0.15) is 0 Å². The largest absolute Gasteiger partial charge is 0.497 e. The zero-order valence-electron chi connectivity index (χ0n) is 12.6. The molecule has 2 aliphatic rings. The van der Waals surface area contributed by atoms with E-state index in [9.17, 15) is 0 Å². The van der Waals surface area contributed by atoms with Crippen molar-refractivity contribution in [2.24, 2.45) is 10.9 Å². The van der Waals surface area contributed by atoms with Gasteiger partial charge in [0.05, 0.1) is 7.11 Å². The average Bonchev–Trinajstić information content (AvgIpc) is 2.50. The van der Waals surface area contributed by atoms with Crippen molar-refractivity contribution in [3.63, 3.8) is 0 Å².